The molecule has 0 radical (unpaired) electrons. The second-order valence-corrected chi connectivity index (χ2v) is 5.80. The maximum absolute atomic E-state index is 14.2. The Morgan fingerprint density at radius 3 is 2.73 bits per heavy atom. The number of amides is 1. The molecule has 3 aromatic rings. The Hall–Kier alpha value is -3.07. The van der Waals surface area contributed by atoms with Crippen LogP contribution < -0.4 is 10.9 Å². The highest BCUT2D eigenvalue weighted by Crippen LogP contribution is 2.24. The van der Waals surface area contributed by atoms with Crippen molar-refractivity contribution in [1.82, 2.24) is 19.9 Å². The standard InChI is InChI=1S/C16H11ClF2N4O3/c1-7(21-16(25)26)14-22-13-11(19)3-2-10(17)12(13)15(24)23(14)9-4-8(18)5-20-6-9/h2-7,21H,1H3,(H,25,26). The molecule has 26 heavy (non-hydrogen) atoms. The minimum atomic E-state index is -1.37. The van der Waals surface area contributed by atoms with Crippen molar-refractivity contribution in [2.24, 2.45) is 0 Å². The quantitative estimate of drug-likeness (QED) is 0.728. The maximum atomic E-state index is 14.2. The summed E-state index contributed by atoms with van der Waals surface area (Å²) in [5.74, 6) is -1.65. The summed E-state index contributed by atoms with van der Waals surface area (Å²) >= 11 is 6.02. The number of aromatic nitrogens is 3. The summed E-state index contributed by atoms with van der Waals surface area (Å²) in [6.07, 6.45) is 0.763. The van der Waals surface area contributed by atoms with Crippen LogP contribution in [0.3, 0.4) is 0 Å². The number of hydrogen-bond acceptors (Lipinski definition) is 4. The number of halogens is 3. The lowest BCUT2D eigenvalue weighted by Gasteiger charge is -2.18. The van der Waals surface area contributed by atoms with E-state index < -0.39 is 29.3 Å². The van der Waals surface area contributed by atoms with Crippen molar-refractivity contribution in [1.29, 1.82) is 0 Å². The van der Waals surface area contributed by atoms with Crippen LogP contribution in [0.1, 0.15) is 18.8 Å². The fraction of sp³-hybridized carbons (Fsp3) is 0.125. The van der Waals surface area contributed by atoms with E-state index >= 15 is 0 Å². The van der Waals surface area contributed by atoms with Gasteiger partial charge in [-0.05, 0) is 19.1 Å². The molecule has 2 aromatic heterocycles. The fourth-order valence-corrected chi connectivity index (χ4v) is 2.78. The molecule has 2 heterocycles. The van der Waals surface area contributed by atoms with Gasteiger partial charge in [0.2, 0.25) is 0 Å². The van der Waals surface area contributed by atoms with E-state index in [9.17, 15) is 18.4 Å². The van der Waals surface area contributed by atoms with Gasteiger partial charge in [-0.25, -0.2) is 18.6 Å². The molecule has 2 N–H and O–H groups in total. The minimum Gasteiger partial charge on any atom is -0.465 e. The van der Waals surface area contributed by atoms with Gasteiger partial charge in [-0.15, -0.1) is 0 Å². The molecule has 0 aliphatic carbocycles. The van der Waals surface area contributed by atoms with Gasteiger partial charge in [-0.1, -0.05) is 11.6 Å². The van der Waals surface area contributed by atoms with Gasteiger partial charge in [0.15, 0.2) is 0 Å². The molecule has 3 rings (SSSR count). The van der Waals surface area contributed by atoms with E-state index in [0.29, 0.717) is 0 Å². The fourth-order valence-electron chi connectivity index (χ4n) is 2.55. The zero-order valence-corrected chi connectivity index (χ0v) is 14.0. The summed E-state index contributed by atoms with van der Waals surface area (Å²) < 4.78 is 28.7. The first kappa shape index (κ1) is 17.7. The highest BCUT2D eigenvalue weighted by atomic mass is 35.5. The second kappa shape index (κ2) is 6.68. The topological polar surface area (TPSA) is 97.1 Å². The molecule has 7 nitrogen and oxygen atoms in total. The van der Waals surface area contributed by atoms with Gasteiger partial charge >= 0.3 is 6.09 Å². The third-order valence-electron chi connectivity index (χ3n) is 3.63. The number of pyridine rings is 1. The van der Waals surface area contributed by atoms with Gasteiger partial charge in [-0.2, -0.15) is 0 Å². The first-order valence-corrected chi connectivity index (χ1v) is 7.68. The highest BCUT2D eigenvalue weighted by Gasteiger charge is 2.22. The minimum absolute atomic E-state index is 0.00114. The average molecular weight is 381 g/mol. The SMILES string of the molecule is CC(NC(=O)O)c1nc2c(F)ccc(Cl)c2c(=O)n1-c1cncc(F)c1. The van der Waals surface area contributed by atoms with Crippen LogP contribution in [0.25, 0.3) is 16.6 Å². The summed E-state index contributed by atoms with van der Waals surface area (Å²) in [6.45, 7) is 1.41. The van der Waals surface area contributed by atoms with Crippen molar-refractivity contribution in [3.8, 4) is 5.69 Å². The molecule has 0 aliphatic heterocycles. The molecule has 1 unspecified atom stereocenters. The first-order chi connectivity index (χ1) is 12.3. The number of benzene rings is 1. The molecule has 0 saturated heterocycles. The van der Waals surface area contributed by atoms with Gasteiger partial charge < -0.3 is 10.4 Å². The Bertz CT molecular complexity index is 1090. The zero-order valence-electron chi connectivity index (χ0n) is 13.2. The van der Waals surface area contributed by atoms with Crippen LogP contribution in [0.4, 0.5) is 13.6 Å². The van der Waals surface area contributed by atoms with Crippen molar-refractivity contribution in [3.63, 3.8) is 0 Å². The number of nitrogens with one attached hydrogen (secondary N) is 1. The monoisotopic (exact) mass is 380 g/mol. The summed E-state index contributed by atoms with van der Waals surface area (Å²) in [4.78, 5) is 31.7. The molecule has 10 heteroatoms. The number of nitrogens with zero attached hydrogens (tertiary/aromatic N) is 3. The average Bonchev–Trinajstić information content (AvgIpc) is 2.57. The predicted molar refractivity (Wildman–Crippen MR) is 89.6 cm³/mol. The lowest BCUT2D eigenvalue weighted by Crippen LogP contribution is -2.32. The Balaban J connectivity index is 2.43. The lowest BCUT2D eigenvalue weighted by atomic mass is 10.2. The number of hydrogen-bond donors (Lipinski definition) is 2. The van der Waals surface area contributed by atoms with Crippen LogP contribution in [0.15, 0.2) is 35.4 Å². The number of rotatable bonds is 3. The lowest BCUT2D eigenvalue weighted by molar-refractivity contribution is 0.190. The van der Waals surface area contributed by atoms with Crippen molar-refractivity contribution in [2.45, 2.75) is 13.0 Å². The molecule has 0 aliphatic rings. The normalized spacial score (nSPS) is 12.2. The van der Waals surface area contributed by atoms with E-state index in [0.717, 1.165) is 22.9 Å². The molecule has 0 spiro atoms. The molecular formula is C16H11ClF2N4O3. The Morgan fingerprint density at radius 2 is 2.08 bits per heavy atom. The number of carboxylic acid groups (broad SMARTS) is 1. The summed E-state index contributed by atoms with van der Waals surface area (Å²) in [7, 11) is 0. The summed E-state index contributed by atoms with van der Waals surface area (Å²) in [6, 6.07) is 2.26. The molecule has 0 bridgehead atoms. The smallest absolute Gasteiger partial charge is 0.405 e. The Morgan fingerprint density at radius 1 is 1.35 bits per heavy atom. The van der Waals surface area contributed by atoms with Crippen molar-refractivity contribution in [3.05, 3.63) is 63.4 Å². The van der Waals surface area contributed by atoms with Crippen LogP contribution in [0.5, 0.6) is 0 Å². The van der Waals surface area contributed by atoms with Crippen molar-refractivity contribution < 1.29 is 18.7 Å². The summed E-state index contributed by atoms with van der Waals surface area (Å²) in [5, 5.41) is 10.8. The van der Waals surface area contributed by atoms with Crippen LogP contribution >= 0.6 is 11.6 Å². The number of fused-ring (bicyclic) bond motifs is 1. The van der Waals surface area contributed by atoms with E-state index in [1.54, 1.807) is 0 Å². The van der Waals surface area contributed by atoms with Gasteiger partial charge in [0.1, 0.15) is 23.0 Å². The molecule has 1 aromatic carbocycles. The molecule has 134 valence electrons. The predicted octanol–water partition coefficient (Wildman–Crippen LogP) is 3.04. The van der Waals surface area contributed by atoms with Crippen LogP contribution in [-0.4, -0.2) is 25.7 Å². The van der Waals surface area contributed by atoms with E-state index in [2.05, 4.69) is 15.3 Å². The molecule has 1 amide bonds. The first-order valence-electron chi connectivity index (χ1n) is 7.30. The largest absolute Gasteiger partial charge is 0.465 e. The van der Waals surface area contributed by atoms with E-state index in [-0.39, 0.29) is 27.4 Å². The van der Waals surface area contributed by atoms with Crippen LogP contribution in [-0.2, 0) is 0 Å². The van der Waals surface area contributed by atoms with E-state index in [1.165, 1.54) is 19.2 Å². The molecular weight excluding hydrogens is 370 g/mol. The third-order valence-corrected chi connectivity index (χ3v) is 3.94. The van der Waals surface area contributed by atoms with Gasteiger partial charge in [-0.3, -0.25) is 14.3 Å². The van der Waals surface area contributed by atoms with Gasteiger partial charge in [0, 0.05) is 6.07 Å². The van der Waals surface area contributed by atoms with Gasteiger partial charge in [0.25, 0.3) is 5.56 Å². The van der Waals surface area contributed by atoms with E-state index in [1.807, 2.05) is 0 Å². The van der Waals surface area contributed by atoms with E-state index in [4.69, 9.17) is 16.7 Å². The van der Waals surface area contributed by atoms with Crippen molar-refractivity contribution >= 4 is 28.6 Å². The van der Waals surface area contributed by atoms with Crippen LogP contribution in [0.2, 0.25) is 5.02 Å². The Kier molecular flexibility index (Phi) is 4.56. The zero-order chi connectivity index (χ0) is 19.0. The van der Waals surface area contributed by atoms with Crippen molar-refractivity contribution in [2.75, 3.05) is 0 Å². The molecule has 0 fully saturated rings. The number of carbonyl (C=O) groups is 1. The van der Waals surface area contributed by atoms with Crippen LogP contribution in [0, 0.1) is 11.6 Å². The Labute approximate surface area is 149 Å². The highest BCUT2D eigenvalue weighted by molar-refractivity contribution is 6.35. The summed E-state index contributed by atoms with van der Waals surface area (Å²) in [5.41, 5.74) is -1.09. The maximum Gasteiger partial charge on any atom is 0.405 e. The molecule has 1 atom stereocenters. The van der Waals surface area contributed by atoms with Gasteiger partial charge in [0.05, 0.1) is 34.5 Å². The second-order valence-electron chi connectivity index (χ2n) is 5.40. The molecule has 0 saturated carbocycles. The third kappa shape index (κ3) is 3.08.